The van der Waals surface area contributed by atoms with Crippen LogP contribution >= 0.6 is 0 Å². The first-order valence-electron chi connectivity index (χ1n) is 10.7. The molecular formula is C23H26F4N2O4S. The van der Waals surface area contributed by atoms with Gasteiger partial charge in [-0.3, -0.25) is 4.79 Å². The third-order valence-electron chi connectivity index (χ3n) is 5.70. The second-order valence-corrected chi connectivity index (χ2v) is 10.2. The van der Waals surface area contributed by atoms with Crippen molar-refractivity contribution in [2.24, 2.45) is 0 Å². The molecular weight excluding hydrogens is 476 g/mol. The molecule has 0 N–H and O–H groups in total. The summed E-state index contributed by atoms with van der Waals surface area (Å²) in [6, 6.07) is 6.51. The molecule has 2 aromatic carbocycles. The number of hydrogen-bond acceptors (Lipinski definition) is 5. The van der Waals surface area contributed by atoms with Crippen LogP contribution in [0, 0.1) is 5.82 Å². The number of nitrogens with zero attached hydrogens (tertiary/aromatic N) is 2. The standard InChI is InChI=1S/C23H26F4N2O4S/c1-4-15(2)33-21-8-6-17(34(3,31)32)14-18(21)22(30)29-11-9-28(10-12-29)20-7-5-16(13-19(20)24)23(25,26)27/h5-8,13-15H,4,9-12H2,1-3H3. The van der Waals surface area contributed by atoms with E-state index in [2.05, 4.69) is 0 Å². The maximum absolute atomic E-state index is 14.4. The van der Waals surface area contributed by atoms with Crippen LogP contribution in [-0.2, 0) is 16.0 Å². The number of benzene rings is 2. The topological polar surface area (TPSA) is 66.9 Å². The Labute approximate surface area is 196 Å². The van der Waals surface area contributed by atoms with Crippen molar-refractivity contribution in [2.45, 2.75) is 37.4 Å². The average molecular weight is 503 g/mol. The van der Waals surface area contributed by atoms with Crippen LogP contribution in [0.15, 0.2) is 41.3 Å². The van der Waals surface area contributed by atoms with Crippen LogP contribution in [0.4, 0.5) is 23.2 Å². The number of sulfone groups is 1. The van der Waals surface area contributed by atoms with Gasteiger partial charge in [0.2, 0.25) is 0 Å². The highest BCUT2D eigenvalue weighted by Gasteiger charge is 2.32. The van der Waals surface area contributed by atoms with Crippen LogP contribution in [0.25, 0.3) is 0 Å². The molecule has 1 saturated heterocycles. The molecule has 1 fully saturated rings. The molecule has 0 radical (unpaired) electrons. The normalized spacial score (nSPS) is 15.9. The molecule has 1 aliphatic heterocycles. The molecule has 2 aromatic rings. The van der Waals surface area contributed by atoms with E-state index in [1.807, 2.05) is 13.8 Å². The van der Waals surface area contributed by atoms with Crippen LogP contribution in [0.1, 0.15) is 36.2 Å². The van der Waals surface area contributed by atoms with Gasteiger partial charge in [0.05, 0.1) is 27.8 Å². The summed E-state index contributed by atoms with van der Waals surface area (Å²) in [6.07, 6.45) is -3.11. The van der Waals surface area contributed by atoms with Gasteiger partial charge in [-0.1, -0.05) is 6.92 Å². The van der Waals surface area contributed by atoms with Crippen molar-refractivity contribution < 1.29 is 35.5 Å². The van der Waals surface area contributed by atoms with E-state index in [1.54, 1.807) is 4.90 Å². The van der Waals surface area contributed by atoms with Crippen molar-refractivity contribution in [1.82, 2.24) is 4.90 Å². The van der Waals surface area contributed by atoms with Gasteiger partial charge >= 0.3 is 6.18 Å². The van der Waals surface area contributed by atoms with E-state index >= 15 is 0 Å². The highest BCUT2D eigenvalue weighted by atomic mass is 32.2. The van der Waals surface area contributed by atoms with Crippen LogP contribution in [0.3, 0.4) is 0 Å². The Morgan fingerprint density at radius 2 is 1.74 bits per heavy atom. The smallest absolute Gasteiger partial charge is 0.416 e. The molecule has 1 amide bonds. The lowest BCUT2D eigenvalue weighted by Gasteiger charge is -2.36. The monoisotopic (exact) mass is 502 g/mol. The molecule has 34 heavy (non-hydrogen) atoms. The molecule has 0 bridgehead atoms. The predicted molar refractivity (Wildman–Crippen MR) is 119 cm³/mol. The molecule has 1 heterocycles. The summed E-state index contributed by atoms with van der Waals surface area (Å²) >= 11 is 0. The summed E-state index contributed by atoms with van der Waals surface area (Å²) in [7, 11) is -3.56. The zero-order chi connectivity index (χ0) is 25.3. The summed E-state index contributed by atoms with van der Waals surface area (Å²) in [6.45, 7) is 4.48. The number of anilines is 1. The van der Waals surface area contributed by atoms with Crippen LogP contribution in [-0.4, -0.2) is 57.8 Å². The fourth-order valence-electron chi connectivity index (χ4n) is 3.57. The Hall–Kier alpha value is -2.82. The summed E-state index contributed by atoms with van der Waals surface area (Å²) in [4.78, 5) is 16.3. The third kappa shape index (κ3) is 5.81. The average Bonchev–Trinajstić information content (AvgIpc) is 2.77. The van der Waals surface area contributed by atoms with E-state index in [-0.39, 0.29) is 54.2 Å². The fourth-order valence-corrected chi connectivity index (χ4v) is 4.22. The highest BCUT2D eigenvalue weighted by Crippen LogP contribution is 2.33. The lowest BCUT2D eigenvalue weighted by atomic mass is 10.1. The number of halogens is 4. The van der Waals surface area contributed by atoms with Gasteiger partial charge in [-0.25, -0.2) is 12.8 Å². The number of carbonyl (C=O) groups excluding carboxylic acids is 1. The minimum absolute atomic E-state index is 0.0159. The quantitative estimate of drug-likeness (QED) is 0.549. The van der Waals surface area contributed by atoms with Crippen LogP contribution in [0.2, 0.25) is 0 Å². The molecule has 1 unspecified atom stereocenters. The van der Waals surface area contributed by atoms with Crippen LogP contribution in [0.5, 0.6) is 5.75 Å². The van der Waals surface area contributed by atoms with Crippen molar-refractivity contribution >= 4 is 21.4 Å². The summed E-state index contributed by atoms with van der Waals surface area (Å²) in [5.41, 5.74) is -0.931. The minimum atomic E-state index is -4.64. The van der Waals surface area contributed by atoms with Crippen molar-refractivity contribution in [3.8, 4) is 5.75 Å². The molecule has 6 nitrogen and oxygen atoms in total. The molecule has 186 valence electrons. The predicted octanol–water partition coefficient (Wildman–Crippen LogP) is 4.39. The van der Waals surface area contributed by atoms with Gasteiger partial charge in [0, 0.05) is 32.4 Å². The van der Waals surface area contributed by atoms with Crippen molar-refractivity contribution in [3.63, 3.8) is 0 Å². The minimum Gasteiger partial charge on any atom is -0.490 e. The largest absolute Gasteiger partial charge is 0.490 e. The second-order valence-electron chi connectivity index (χ2n) is 8.21. The number of hydrogen-bond donors (Lipinski definition) is 0. The van der Waals surface area contributed by atoms with Crippen molar-refractivity contribution in [3.05, 3.63) is 53.3 Å². The Morgan fingerprint density at radius 1 is 1.09 bits per heavy atom. The number of alkyl halides is 3. The van der Waals surface area contributed by atoms with Crippen molar-refractivity contribution in [2.75, 3.05) is 37.3 Å². The summed E-state index contributed by atoms with van der Waals surface area (Å²) in [5.74, 6) is -1.15. The summed E-state index contributed by atoms with van der Waals surface area (Å²) in [5, 5.41) is 0. The first-order valence-corrected chi connectivity index (χ1v) is 12.6. The molecule has 11 heteroatoms. The van der Waals surface area contributed by atoms with Gasteiger partial charge in [0.1, 0.15) is 11.6 Å². The van der Waals surface area contributed by atoms with Gasteiger partial charge in [-0.15, -0.1) is 0 Å². The summed E-state index contributed by atoms with van der Waals surface area (Å²) < 4.78 is 82.6. The van der Waals surface area contributed by atoms with Gasteiger partial charge in [0.15, 0.2) is 9.84 Å². The van der Waals surface area contributed by atoms with E-state index in [4.69, 9.17) is 4.74 Å². The van der Waals surface area contributed by atoms with E-state index < -0.39 is 33.3 Å². The highest BCUT2D eigenvalue weighted by molar-refractivity contribution is 7.90. The zero-order valence-electron chi connectivity index (χ0n) is 19.0. The lowest BCUT2D eigenvalue weighted by molar-refractivity contribution is -0.137. The number of rotatable bonds is 6. The maximum atomic E-state index is 14.4. The second kappa shape index (κ2) is 9.81. The number of piperazine rings is 1. The molecule has 0 spiro atoms. The SMILES string of the molecule is CCC(C)Oc1ccc(S(C)(=O)=O)cc1C(=O)N1CCN(c2ccc(C(F)(F)F)cc2F)CC1. The molecule has 0 aromatic heterocycles. The van der Waals surface area contributed by atoms with Gasteiger partial charge in [-0.2, -0.15) is 13.2 Å². The zero-order valence-corrected chi connectivity index (χ0v) is 19.8. The van der Waals surface area contributed by atoms with Gasteiger partial charge in [0.25, 0.3) is 5.91 Å². The first-order chi connectivity index (χ1) is 15.8. The van der Waals surface area contributed by atoms with Crippen molar-refractivity contribution in [1.29, 1.82) is 0 Å². The Balaban J connectivity index is 1.80. The van der Waals surface area contributed by atoms with E-state index in [0.29, 0.717) is 12.5 Å². The van der Waals surface area contributed by atoms with E-state index in [0.717, 1.165) is 18.4 Å². The molecule has 1 atom stereocenters. The van der Waals surface area contributed by atoms with Crippen LogP contribution < -0.4 is 9.64 Å². The first kappa shape index (κ1) is 25.8. The Bertz CT molecular complexity index is 1160. The van der Waals surface area contributed by atoms with Gasteiger partial charge < -0.3 is 14.5 Å². The van der Waals surface area contributed by atoms with E-state index in [1.165, 1.54) is 23.1 Å². The van der Waals surface area contributed by atoms with Gasteiger partial charge in [-0.05, 0) is 49.7 Å². The van der Waals surface area contributed by atoms with E-state index in [9.17, 15) is 30.8 Å². The number of carbonyl (C=O) groups is 1. The maximum Gasteiger partial charge on any atom is 0.416 e. The molecule has 3 rings (SSSR count). The third-order valence-corrected chi connectivity index (χ3v) is 6.81. The number of amides is 1. The Kier molecular flexibility index (Phi) is 7.44. The Morgan fingerprint density at radius 3 is 2.26 bits per heavy atom. The fraction of sp³-hybridized carbons (Fsp3) is 0.435. The molecule has 0 aliphatic carbocycles. The number of ether oxygens (including phenoxy) is 1. The molecule has 0 saturated carbocycles. The lowest BCUT2D eigenvalue weighted by Crippen LogP contribution is -2.49. The molecule has 1 aliphatic rings.